The molecule has 0 aliphatic heterocycles. The lowest BCUT2D eigenvalue weighted by atomic mass is 10.4. The summed E-state index contributed by atoms with van der Waals surface area (Å²) in [5, 5.41) is 7.09. The molecule has 18 heavy (non-hydrogen) atoms. The average Bonchev–Trinajstić information content (AvgIpc) is 2.75. The summed E-state index contributed by atoms with van der Waals surface area (Å²) < 4.78 is 41.4. The van der Waals surface area contributed by atoms with Crippen molar-refractivity contribution in [2.45, 2.75) is 19.1 Å². The number of nitrogen functional groups attached to an aromatic ring is 1. The molecule has 7 nitrogen and oxygen atoms in total. The van der Waals surface area contributed by atoms with Crippen molar-refractivity contribution in [3.63, 3.8) is 0 Å². The van der Waals surface area contributed by atoms with Gasteiger partial charge in [0.15, 0.2) is 5.69 Å². The number of aromatic nitrogens is 3. The molecule has 0 radical (unpaired) electrons. The second-order valence-corrected chi connectivity index (χ2v) is 3.32. The number of alkyl halides is 3. The Hall–Kier alpha value is -1.68. The zero-order chi connectivity index (χ0) is 13.6. The molecule has 1 aromatic heterocycles. The van der Waals surface area contributed by atoms with Gasteiger partial charge in [0.25, 0.3) is 5.91 Å². The van der Waals surface area contributed by atoms with Crippen LogP contribution in [0.15, 0.2) is 6.20 Å². The number of rotatable bonds is 6. The minimum atomic E-state index is -4.22. The molecule has 3 N–H and O–H groups in total. The van der Waals surface area contributed by atoms with Crippen LogP contribution in [-0.2, 0) is 11.3 Å². The second-order valence-electron chi connectivity index (χ2n) is 3.32. The van der Waals surface area contributed by atoms with Crippen molar-refractivity contribution >= 4 is 5.91 Å². The van der Waals surface area contributed by atoms with Crippen LogP contribution in [0.25, 0.3) is 0 Å². The Labute approximate surface area is 100 Å². The van der Waals surface area contributed by atoms with Crippen molar-refractivity contribution in [1.29, 1.82) is 0 Å². The Balaban J connectivity index is 2.24. The van der Waals surface area contributed by atoms with E-state index < -0.39 is 25.1 Å². The average molecular weight is 267 g/mol. The van der Waals surface area contributed by atoms with Gasteiger partial charge in [0.05, 0.1) is 32.4 Å². The molecule has 0 spiro atoms. The van der Waals surface area contributed by atoms with E-state index in [4.69, 9.17) is 10.6 Å². The van der Waals surface area contributed by atoms with Gasteiger partial charge in [-0.3, -0.25) is 10.2 Å². The van der Waals surface area contributed by atoms with Gasteiger partial charge in [-0.05, 0) is 0 Å². The summed E-state index contributed by atoms with van der Waals surface area (Å²) in [6, 6.07) is 0. The molecule has 10 heteroatoms. The summed E-state index contributed by atoms with van der Waals surface area (Å²) in [5.74, 6) is 4.29. The number of carbonyl (C=O) groups is 1. The Morgan fingerprint density at radius 1 is 1.50 bits per heavy atom. The number of nitrogens with two attached hydrogens (primary N) is 1. The van der Waals surface area contributed by atoms with E-state index in [-0.39, 0.29) is 18.8 Å². The number of hydrazine groups is 1. The van der Waals surface area contributed by atoms with Crippen molar-refractivity contribution < 1.29 is 22.7 Å². The Bertz CT molecular complexity index is 392. The molecular formula is C8H12F3N5O2. The van der Waals surface area contributed by atoms with Gasteiger partial charge < -0.3 is 4.74 Å². The van der Waals surface area contributed by atoms with E-state index in [1.165, 1.54) is 10.9 Å². The summed E-state index contributed by atoms with van der Waals surface area (Å²) >= 11 is 0. The number of ether oxygens (including phenoxy) is 1. The number of hydrogen-bond donors (Lipinski definition) is 2. The fourth-order valence-electron chi connectivity index (χ4n) is 1.03. The number of hydrogen-bond acceptors (Lipinski definition) is 5. The summed E-state index contributed by atoms with van der Waals surface area (Å²) in [5.41, 5.74) is 1.90. The van der Waals surface area contributed by atoms with Crippen LogP contribution in [0.3, 0.4) is 0 Å². The van der Waals surface area contributed by atoms with E-state index in [0.29, 0.717) is 0 Å². The van der Waals surface area contributed by atoms with Gasteiger partial charge in [0.2, 0.25) is 0 Å². The highest BCUT2D eigenvalue weighted by Gasteiger charge is 2.26. The molecule has 0 aliphatic carbocycles. The van der Waals surface area contributed by atoms with E-state index >= 15 is 0 Å². The van der Waals surface area contributed by atoms with Crippen LogP contribution >= 0.6 is 0 Å². The number of nitrogens with one attached hydrogen (secondary N) is 1. The fraction of sp³-hybridized carbons (Fsp3) is 0.625. The third kappa shape index (κ3) is 5.10. The first kappa shape index (κ1) is 14.4. The van der Waals surface area contributed by atoms with E-state index in [9.17, 15) is 18.0 Å². The van der Waals surface area contributed by atoms with Crippen molar-refractivity contribution in [3.05, 3.63) is 11.9 Å². The van der Waals surface area contributed by atoms with E-state index in [0.717, 1.165) is 0 Å². The summed E-state index contributed by atoms with van der Waals surface area (Å²) in [6.07, 6.45) is -3.90. The van der Waals surface area contributed by atoms with Crippen LogP contribution in [0.4, 0.5) is 13.2 Å². The third-order valence-corrected chi connectivity index (χ3v) is 1.90. The van der Waals surface area contributed by atoms with Crippen molar-refractivity contribution in [3.8, 4) is 0 Å². The van der Waals surface area contributed by atoms with Crippen LogP contribution in [0.1, 0.15) is 16.9 Å². The molecule has 0 aliphatic rings. The normalized spacial score (nSPS) is 11.6. The molecule has 0 bridgehead atoms. The first-order chi connectivity index (χ1) is 8.42. The van der Waals surface area contributed by atoms with Crippen molar-refractivity contribution in [2.75, 3.05) is 13.2 Å². The molecule has 0 saturated carbocycles. The van der Waals surface area contributed by atoms with Crippen LogP contribution in [0.5, 0.6) is 0 Å². The van der Waals surface area contributed by atoms with Gasteiger partial charge in [-0.15, -0.1) is 5.10 Å². The molecule has 102 valence electrons. The maximum Gasteiger partial charge on any atom is 0.391 e. The standard InChI is InChI=1S/C8H12F3N5O2/c9-8(10,11)1-3-18-4-2-16-5-6(14-15-16)7(17)13-12/h5H,1-4,12H2,(H,13,17). The predicted molar refractivity (Wildman–Crippen MR) is 53.2 cm³/mol. The molecule has 1 aromatic rings. The first-order valence-electron chi connectivity index (χ1n) is 4.98. The van der Waals surface area contributed by atoms with Gasteiger partial charge in [0.1, 0.15) is 0 Å². The highest BCUT2D eigenvalue weighted by atomic mass is 19.4. The number of carbonyl (C=O) groups excluding carboxylic acids is 1. The Morgan fingerprint density at radius 2 is 2.22 bits per heavy atom. The Kier molecular flexibility index (Phi) is 5.04. The summed E-state index contributed by atoms with van der Waals surface area (Å²) in [6.45, 7) is -0.166. The quantitative estimate of drug-likeness (QED) is 0.323. The lowest BCUT2D eigenvalue weighted by Gasteiger charge is -2.06. The number of amides is 1. The molecule has 1 amide bonds. The highest BCUT2D eigenvalue weighted by molar-refractivity contribution is 5.91. The van der Waals surface area contributed by atoms with Crippen LogP contribution in [0, 0.1) is 0 Å². The molecule has 0 saturated heterocycles. The number of nitrogens with zero attached hydrogens (tertiary/aromatic N) is 3. The monoisotopic (exact) mass is 267 g/mol. The van der Waals surface area contributed by atoms with Crippen LogP contribution in [0.2, 0.25) is 0 Å². The molecule has 0 atom stereocenters. The van der Waals surface area contributed by atoms with Crippen molar-refractivity contribution in [2.24, 2.45) is 5.84 Å². The van der Waals surface area contributed by atoms with Crippen LogP contribution in [-0.4, -0.2) is 40.3 Å². The maximum absolute atomic E-state index is 11.8. The molecule has 0 fully saturated rings. The minimum Gasteiger partial charge on any atom is -0.379 e. The molecule has 0 aromatic carbocycles. The fourth-order valence-corrected chi connectivity index (χ4v) is 1.03. The van der Waals surface area contributed by atoms with Gasteiger partial charge in [0, 0.05) is 0 Å². The Morgan fingerprint density at radius 3 is 2.83 bits per heavy atom. The van der Waals surface area contributed by atoms with E-state index in [1.807, 2.05) is 5.43 Å². The zero-order valence-electron chi connectivity index (χ0n) is 9.28. The SMILES string of the molecule is NNC(=O)c1cn(CCOCCC(F)(F)F)nn1. The van der Waals surface area contributed by atoms with Gasteiger partial charge in [-0.1, -0.05) is 5.21 Å². The van der Waals surface area contributed by atoms with E-state index in [1.54, 1.807) is 0 Å². The molecule has 1 heterocycles. The largest absolute Gasteiger partial charge is 0.391 e. The highest BCUT2D eigenvalue weighted by Crippen LogP contribution is 2.18. The van der Waals surface area contributed by atoms with E-state index in [2.05, 4.69) is 10.3 Å². The van der Waals surface area contributed by atoms with Crippen LogP contribution < -0.4 is 11.3 Å². The predicted octanol–water partition coefficient (Wildman–Crippen LogP) is -0.149. The van der Waals surface area contributed by atoms with Gasteiger partial charge in [-0.25, -0.2) is 10.5 Å². The number of halogens is 3. The minimum absolute atomic E-state index is 0.0211. The first-order valence-corrected chi connectivity index (χ1v) is 4.98. The smallest absolute Gasteiger partial charge is 0.379 e. The summed E-state index contributed by atoms with van der Waals surface area (Å²) in [7, 11) is 0. The lowest BCUT2D eigenvalue weighted by Crippen LogP contribution is -2.30. The van der Waals surface area contributed by atoms with Crippen molar-refractivity contribution in [1.82, 2.24) is 20.4 Å². The molecule has 1 rings (SSSR count). The molecule has 0 unspecified atom stereocenters. The van der Waals surface area contributed by atoms with Gasteiger partial charge in [-0.2, -0.15) is 13.2 Å². The second kappa shape index (κ2) is 6.31. The third-order valence-electron chi connectivity index (χ3n) is 1.90. The lowest BCUT2D eigenvalue weighted by molar-refractivity contribution is -0.145. The topological polar surface area (TPSA) is 95.1 Å². The molecular weight excluding hydrogens is 255 g/mol. The summed E-state index contributed by atoms with van der Waals surface area (Å²) in [4.78, 5) is 11.0. The zero-order valence-corrected chi connectivity index (χ0v) is 9.28. The van der Waals surface area contributed by atoms with Gasteiger partial charge >= 0.3 is 6.18 Å². The maximum atomic E-state index is 11.8.